The molecule has 0 amide bonds. The van der Waals surface area contributed by atoms with E-state index in [9.17, 15) is 0 Å². The first-order valence-corrected chi connectivity index (χ1v) is 10.1. The van der Waals surface area contributed by atoms with Crippen LogP contribution in [-0.4, -0.2) is 50.6 Å². The molecule has 1 aromatic carbocycles. The van der Waals surface area contributed by atoms with E-state index in [2.05, 4.69) is 84.0 Å². The minimum atomic E-state index is 0.486. The second-order valence-electron chi connectivity index (χ2n) is 6.57. The molecule has 138 valence electrons. The zero-order valence-electron chi connectivity index (χ0n) is 15.1. The molecule has 0 aliphatic carbocycles. The molecule has 0 saturated carbocycles. The lowest BCUT2D eigenvalue weighted by Crippen LogP contribution is -2.49. The van der Waals surface area contributed by atoms with E-state index in [1.165, 1.54) is 5.69 Å². The smallest absolute Gasteiger partial charge is 0.227 e. The lowest BCUT2D eigenvalue weighted by molar-refractivity contribution is 0.307. The van der Waals surface area contributed by atoms with Crippen LogP contribution in [0.15, 0.2) is 61.1 Å². The highest BCUT2D eigenvalue weighted by molar-refractivity contribution is 14.1. The van der Waals surface area contributed by atoms with E-state index in [1.54, 1.807) is 18.6 Å². The summed E-state index contributed by atoms with van der Waals surface area (Å²) in [5.74, 6) is 0.579. The molecule has 4 rings (SSSR count). The van der Waals surface area contributed by atoms with Crippen LogP contribution < -0.4 is 10.2 Å². The molecule has 2 aromatic heterocycles. The van der Waals surface area contributed by atoms with Gasteiger partial charge in [-0.1, -0.05) is 22.6 Å². The number of pyridine rings is 1. The molecule has 7 heteroatoms. The Morgan fingerprint density at radius 3 is 2.67 bits per heavy atom. The van der Waals surface area contributed by atoms with Crippen molar-refractivity contribution in [2.75, 3.05) is 36.9 Å². The van der Waals surface area contributed by atoms with Crippen molar-refractivity contribution < 1.29 is 0 Å². The Morgan fingerprint density at radius 2 is 1.93 bits per heavy atom. The highest BCUT2D eigenvalue weighted by Gasteiger charge is 2.22. The largest absolute Gasteiger partial charge is 0.357 e. The summed E-state index contributed by atoms with van der Waals surface area (Å²) in [6, 6.07) is 14.3. The van der Waals surface area contributed by atoms with E-state index in [0.717, 1.165) is 36.6 Å². The van der Waals surface area contributed by atoms with Crippen molar-refractivity contribution in [2.24, 2.45) is 0 Å². The lowest BCUT2D eigenvalue weighted by Gasteiger charge is -2.38. The number of hydrogen-bond donors (Lipinski definition) is 1. The number of piperazine rings is 1. The molecule has 3 aromatic rings. The van der Waals surface area contributed by atoms with Crippen molar-refractivity contribution in [3.63, 3.8) is 0 Å². The van der Waals surface area contributed by atoms with Gasteiger partial charge >= 0.3 is 0 Å². The molecule has 1 aliphatic rings. The third kappa shape index (κ3) is 4.36. The van der Waals surface area contributed by atoms with Gasteiger partial charge in [-0.25, -0.2) is 9.97 Å². The van der Waals surface area contributed by atoms with Crippen molar-refractivity contribution in [3.8, 4) is 11.3 Å². The molecule has 1 saturated heterocycles. The highest BCUT2D eigenvalue weighted by Crippen LogP contribution is 2.26. The maximum atomic E-state index is 4.59. The van der Waals surface area contributed by atoms with Crippen LogP contribution in [0.2, 0.25) is 0 Å². The summed E-state index contributed by atoms with van der Waals surface area (Å²) in [6.45, 7) is 3.22. The second kappa shape index (κ2) is 8.18. The number of nitrogens with one attached hydrogen (secondary N) is 1. The zero-order chi connectivity index (χ0) is 18.6. The minimum absolute atomic E-state index is 0.486. The summed E-state index contributed by atoms with van der Waals surface area (Å²) in [4.78, 5) is 17.9. The van der Waals surface area contributed by atoms with Gasteiger partial charge in [-0.3, -0.25) is 4.98 Å². The molecule has 6 nitrogen and oxygen atoms in total. The van der Waals surface area contributed by atoms with E-state index < -0.39 is 0 Å². The molecule has 3 heterocycles. The summed E-state index contributed by atoms with van der Waals surface area (Å²) in [5, 5.41) is 3.29. The molecule has 1 atom stereocenters. The maximum Gasteiger partial charge on any atom is 0.227 e. The molecule has 0 spiro atoms. The number of rotatable bonds is 4. The van der Waals surface area contributed by atoms with Crippen molar-refractivity contribution in [3.05, 3.63) is 61.1 Å². The van der Waals surface area contributed by atoms with Gasteiger partial charge < -0.3 is 15.1 Å². The highest BCUT2D eigenvalue weighted by atomic mass is 127. The molecule has 27 heavy (non-hydrogen) atoms. The van der Waals surface area contributed by atoms with Gasteiger partial charge in [0.05, 0.1) is 9.74 Å². The van der Waals surface area contributed by atoms with Gasteiger partial charge in [0.15, 0.2) is 0 Å². The first-order chi connectivity index (χ1) is 13.2. The number of halogens is 1. The van der Waals surface area contributed by atoms with Gasteiger partial charge in [0.2, 0.25) is 5.95 Å². The minimum Gasteiger partial charge on any atom is -0.357 e. The molecular weight excluding hydrogens is 451 g/mol. The van der Waals surface area contributed by atoms with Crippen LogP contribution in [0.1, 0.15) is 0 Å². The van der Waals surface area contributed by atoms with Crippen molar-refractivity contribution in [1.29, 1.82) is 0 Å². The second-order valence-corrected chi connectivity index (χ2v) is 8.01. The molecule has 1 fully saturated rings. The van der Waals surface area contributed by atoms with Crippen LogP contribution in [0.3, 0.4) is 0 Å². The van der Waals surface area contributed by atoms with Crippen LogP contribution in [0.4, 0.5) is 17.3 Å². The summed E-state index contributed by atoms with van der Waals surface area (Å²) in [7, 11) is 2.18. The first kappa shape index (κ1) is 18.1. The Kier molecular flexibility index (Phi) is 5.49. The van der Waals surface area contributed by atoms with Gasteiger partial charge in [-0.2, -0.15) is 0 Å². The van der Waals surface area contributed by atoms with Crippen LogP contribution in [0.5, 0.6) is 0 Å². The van der Waals surface area contributed by atoms with Crippen LogP contribution >= 0.6 is 22.6 Å². The maximum absolute atomic E-state index is 4.59. The van der Waals surface area contributed by atoms with E-state index in [0.29, 0.717) is 10.00 Å². The first-order valence-electron chi connectivity index (χ1n) is 8.89. The van der Waals surface area contributed by atoms with E-state index in [1.807, 2.05) is 18.2 Å². The number of likely N-dealkylation sites (N-methyl/N-ethyl adjacent to an activating group) is 1. The molecule has 0 radical (unpaired) electrons. The SMILES string of the molecule is CN1CCN(c2ccc(Nc3nccc(-c4cccnc4)n3)cc2)C(I)C1. The average molecular weight is 472 g/mol. The van der Waals surface area contributed by atoms with Crippen LogP contribution in [-0.2, 0) is 0 Å². The predicted octanol–water partition coefficient (Wildman–Crippen LogP) is 3.80. The van der Waals surface area contributed by atoms with Crippen molar-refractivity contribution in [1.82, 2.24) is 19.9 Å². The van der Waals surface area contributed by atoms with E-state index in [-0.39, 0.29) is 0 Å². The number of benzene rings is 1. The van der Waals surface area contributed by atoms with Gasteiger partial charge in [0, 0.05) is 55.2 Å². The van der Waals surface area contributed by atoms with Gasteiger partial charge in [0.1, 0.15) is 0 Å². The normalized spacial score (nSPS) is 17.7. The monoisotopic (exact) mass is 472 g/mol. The van der Waals surface area contributed by atoms with E-state index in [4.69, 9.17) is 0 Å². The fraction of sp³-hybridized carbons (Fsp3) is 0.250. The Hall–Kier alpha value is -2.26. The Balaban J connectivity index is 1.48. The zero-order valence-corrected chi connectivity index (χ0v) is 17.2. The summed E-state index contributed by atoms with van der Waals surface area (Å²) >= 11 is 2.52. The number of aromatic nitrogens is 3. The van der Waals surface area contributed by atoms with Gasteiger partial charge in [-0.05, 0) is 49.5 Å². The Bertz CT molecular complexity index is 886. The standard InChI is InChI=1S/C20H21IN6/c1-26-11-12-27(19(21)14-26)17-6-4-16(5-7-17)24-20-23-10-8-18(25-20)15-3-2-9-22-13-15/h2-10,13,19H,11-12,14H2,1H3,(H,23,24,25). The van der Waals surface area contributed by atoms with Crippen LogP contribution in [0.25, 0.3) is 11.3 Å². The van der Waals surface area contributed by atoms with Gasteiger partial charge in [-0.15, -0.1) is 0 Å². The molecular formula is C20H21IN6. The Morgan fingerprint density at radius 1 is 1.07 bits per heavy atom. The molecule has 1 N–H and O–H groups in total. The fourth-order valence-electron chi connectivity index (χ4n) is 3.12. The number of nitrogens with zero attached hydrogens (tertiary/aromatic N) is 5. The third-order valence-corrected chi connectivity index (χ3v) is 5.66. The summed E-state index contributed by atoms with van der Waals surface area (Å²) < 4.78 is 0.486. The van der Waals surface area contributed by atoms with Gasteiger partial charge in [0.25, 0.3) is 0 Å². The summed E-state index contributed by atoms with van der Waals surface area (Å²) in [5.41, 5.74) is 4.04. The number of hydrogen-bond acceptors (Lipinski definition) is 6. The van der Waals surface area contributed by atoms with E-state index >= 15 is 0 Å². The van der Waals surface area contributed by atoms with Crippen molar-refractivity contribution >= 4 is 39.9 Å². The average Bonchev–Trinajstić information content (AvgIpc) is 2.70. The number of anilines is 3. The third-order valence-electron chi connectivity index (χ3n) is 4.59. The Labute approximate surface area is 172 Å². The molecule has 1 unspecified atom stereocenters. The quantitative estimate of drug-likeness (QED) is 0.354. The van der Waals surface area contributed by atoms with Crippen LogP contribution in [0, 0.1) is 0 Å². The predicted molar refractivity (Wildman–Crippen MR) is 118 cm³/mol. The lowest BCUT2D eigenvalue weighted by atomic mass is 10.2. The topological polar surface area (TPSA) is 57.2 Å². The van der Waals surface area contributed by atoms with Crippen molar-refractivity contribution in [2.45, 2.75) is 4.05 Å². The number of alkyl halides is 1. The molecule has 0 bridgehead atoms. The fourth-order valence-corrected chi connectivity index (χ4v) is 4.39. The summed E-state index contributed by atoms with van der Waals surface area (Å²) in [6.07, 6.45) is 5.32. The molecule has 1 aliphatic heterocycles.